The number of oxime groups is 1. The fraction of sp³-hybridized carbons (Fsp3) is 0.364. The average molecular weight is 223 g/mol. The monoisotopic (exact) mass is 223 g/mol. The summed E-state index contributed by atoms with van der Waals surface area (Å²) in [7, 11) is 1.96. The highest BCUT2D eigenvalue weighted by Gasteiger charge is 2.02. The molecule has 5 nitrogen and oxygen atoms in total. The topological polar surface area (TPSA) is 82.1 Å². The third-order valence-corrected chi connectivity index (χ3v) is 2.27. The molecule has 0 aromatic heterocycles. The first-order valence-electron chi connectivity index (χ1n) is 5.04. The molecule has 88 valence electrons. The van der Waals surface area contributed by atoms with Gasteiger partial charge in [-0.05, 0) is 24.7 Å². The summed E-state index contributed by atoms with van der Waals surface area (Å²) in [5.74, 6) is 0.501. The smallest absolute Gasteiger partial charge is 0.140 e. The molecule has 0 saturated carbocycles. The molecule has 0 aliphatic rings. The summed E-state index contributed by atoms with van der Waals surface area (Å²) >= 11 is 0. The standard InChI is InChI=1S/C11H17N3O2/c1-14(7-6-11(12)13-16)8-9-2-4-10(15)5-3-9/h2-5,15-16H,6-8H2,1H3,(H2,12,13). The molecular weight excluding hydrogens is 206 g/mol. The number of phenols is 1. The largest absolute Gasteiger partial charge is 0.508 e. The van der Waals surface area contributed by atoms with E-state index in [-0.39, 0.29) is 11.6 Å². The zero-order valence-electron chi connectivity index (χ0n) is 9.30. The Morgan fingerprint density at radius 3 is 2.56 bits per heavy atom. The van der Waals surface area contributed by atoms with Crippen molar-refractivity contribution < 1.29 is 10.3 Å². The Balaban J connectivity index is 2.39. The number of aromatic hydroxyl groups is 1. The van der Waals surface area contributed by atoms with Crippen LogP contribution in [0.2, 0.25) is 0 Å². The molecule has 1 aromatic carbocycles. The first-order chi connectivity index (χ1) is 7.61. The van der Waals surface area contributed by atoms with Crippen LogP contribution in [-0.2, 0) is 6.54 Å². The summed E-state index contributed by atoms with van der Waals surface area (Å²) in [5.41, 5.74) is 6.49. The molecular formula is C11H17N3O2. The van der Waals surface area contributed by atoms with Crippen LogP contribution in [0.3, 0.4) is 0 Å². The molecule has 1 aromatic rings. The minimum absolute atomic E-state index is 0.234. The van der Waals surface area contributed by atoms with Crippen molar-refractivity contribution in [2.45, 2.75) is 13.0 Å². The summed E-state index contributed by atoms with van der Waals surface area (Å²) in [6.07, 6.45) is 0.533. The molecule has 0 spiro atoms. The molecule has 0 aliphatic heterocycles. The number of phenolic OH excluding ortho intramolecular Hbond substituents is 1. The Bertz CT molecular complexity index is 349. The van der Waals surface area contributed by atoms with Gasteiger partial charge in [-0.2, -0.15) is 0 Å². The van der Waals surface area contributed by atoms with Crippen molar-refractivity contribution in [1.29, 1.82) is 0 Å². The first kappa shape index (κ1) is 12.3. The van der Waals surface area contributed by atoms with Crippen molar-refractivity contribution in [1.82, 2.24) is 4.90 Å². The van der Waals surface area contributed by atoms with E-state index < -0.39 is 0 Å². The lowest BCUT2D eigenvalue weighted by molar-refractivity contribution is 0.309. The quantitative estimate of drug-likeness (QED) is 0.300. The van der Waals surface area contributed by atoms with Gasteiger partial charge in [0.15, 0.2) is 0 Å². The Morgan fingerprint density at radius 2 is 2.00 bits per heavy atom. The SMILES string of the molecule is CN(CCC(N)=NO)Cc1ccc(O)cc1. The van der Waals surface area contributed by atoms with Gasteiger partial charge in [0, 0.05) is 19.5 Å². The van der Waals surface area contributed by atoms with E-state index in [4.69, 9.17) is 16.0 Å². The van der Waals surface area contributed by atoms with E-state index in [2.05, 4.69) is 10.1 Å². The summed E-state index contributed by atoms with van der Waals surface area (Å²) in [4.78, 5) is 2.06. The van der Waals surface area contributed by atoms with Crippen LogP contribution in [0, 0.1) is 0 Å². The van der Waals surface area contributed by atoms with Gasteiger partial charge in [0.25, 0.3) is 0 Å². The highest BCUT2D eigenvalue weighted by atomic mass is 16.4. The van der Waals surface area contributed by atoms with Crippen molar-refractivity contribution in [2.75, 3.05) is 13.6 Å². The van der Waals surface area contributed by atoms with Crippen molar-refractivity contribution >= 4 is 5.84 Å². The molecule has 0 radical (unpaired) electrons. The molecule has 0 atom stereocenters. The van der Waals surface area contributed by atoms with Crippen LogP contribution in [0.25, 0.3) is 0 Å². The molecule has 0 fully saturated rings. The van der Waals surface area contributed by atoms with E-state index >= 15 is 0 Å². The summed E-state index contributed by atoms with van der Waals surface area (Å²) < 4.78 is 0. The van der Waals surface area contributed by atoms with Gasteiger partial charge in [0.1, 0.15) is 11.6 Å². The number of hydrogen-bond donors (Lipinski definition) is 3. The van der Waals surface area contributed by atoms with Crippen molar-refractivity contribution in [2.24, 2.45) is 10.9 Å². The van der Waals surface area contributed by atoms with Gasteiger partial charge in [-0.1, -0.05) is 17.3 Å². The van der Waals surface area contributed by atoms with E-state index in [1.807, 2.05) is 19.2 Å². The van der Waals surface area contributed by atoms with Crippen molar-refractivity contribution in [3.8, 4) is 5.75 Å². The molecule has 4 N–H and O–H groups in total. The number of amidine groups is 1. The Hall–Kier alpha value is -1.75. The summed E-state index contributed by atoms with van der Waals surface area (Å²) in [6.45, 7) is 1.48. The Morgan fingerprint density at radius 1 is 1.38 bits per heavy atom. The fourth-order valence-electron chi connectivity index (χ4n) is 1.35. The molecule has 1 rings (SSSR count). The summed E-state index contributed by atoms with van der Waals surface area (Å²) in [5, 5.41) is 20.4. The molecule has 0 unspecified atom stereocenters. The molecule has 0 amide bonds. The molecule has 0 saturated heterocycles. The van der Waals surface area contributed by atoms with E-state index in [0.29, 0.717) is 6.42 Å². The van der Waals surface area contributed by atoms with Gasteiger partial charge in [-0.25, -0.2) is 0 Å². The number of hydrogen-bond acceptors (Lipinski definition) is 4. The molecule has 0 bridgehead atoms. The van der Waals surface area contributed by atoms with E-state index in [1.165, 1.54) is 0 Å². The number of benzene rings is 1. The molecule has 5 heteroatoms. The zero-order chi connectivity index (χ0) is 12.0. The average Bonchev–Trinajstić information content (AvgIpc) is 2.29. The van der Waals surface area contributed by atoms with Gasteiger partial charge < -0.3 is 20.9 Å². The van der Waals surface area contributed by atoms with Crippen molar-refractivity contribution in [3.05, 3.63) is 29.8 Å². The lowest BCUT2D eigenvalue weighted by Crippen LogP contribution is -2.24. The third kappa shape index (κ3) is 4.18. The number of nitrogens with two attached hydrogens (primary N) is 1. The van der Waals surface area contributed by atoms with Crippen LogP contribution in [0.4, 0.5) is 0 Å². The highest BCUT2D eigenvalue weighted by molar-refractivity contribution is 5.79. The van der Waals surface area contributed by atoms with Crippen LogP contribution in [0.15, 0.2) is 29.4 Å². The second-order valence-electron chi connectivity index (χ2n) is 3.75. The Labute approximate surface area is 94.8 Å². The van der Waals surface area contributed by atoms with Gasteiger partial charge in [-0.15, -0.1) is 0 Å². The first-order valence-corrected chi connectivity index (χ1v) is 5.04. The van der Waals surface area contributed by atoms with E-state index in [1.54, 1.807) is 12.1 Å². The van der Waals surface area contributed by atoms with E-state index in [0.717, 1.165) is 18.7 Å². The van der Waals surface area contributed by atoms with Crippen LogP contribution in [0.5, 0.6) is 5.75 Å². The molecule has 0 heterocycles. The highest BCUT2D eigenvalue weighted by Crippen LogP contribution is 2.11. The lowest BCUT2D eigenvalue weighted by atomic mass is 10.2. The van der Waals surface area contributed by atoms with Crippen LogP contribution in [0.1, 0.15) is 12.0 Å². The Kier molecular flexibility index (Phi) is 4.60. The normalized spacial score (nSPS) is 12.0. The van der Waals surface area contributed by atoms with Crippen molar-refractivity contribution in [3.63, 3.8) is 0 Å². The minimum atomic E-state index is 0.234. The third-order valence-electron chi connectivity index (χ3n) is 2.27. The zero-order valence-corrected chi connectivity index (χ0v) is 9.30. The van der Waals surface area contributed by atoms with Crippen LogP contribution < -0.4 is 5.73 Å². The maximum absolute atomic E-state index is 9.13. The second kappa shape index (κ2) is 5.97. The number of rotatable bonds is 5. The second-order valence-corrected chi connectivity index (χ2v) is 3.75. The summed E-state index contributed by atoms with van der Waals surface area (Å²) in [6, 6.07) is 7.06. The fourth-order valence-corrected chi connectivity index (χ4v) is 1.35. The van der Waals surface area contributed by atoms with Gasteiger partial charge >= 0.3 is 0 Å². The van der Waals surface area contributed by atoms with Gasteiger partial charge in [0.2, 0.25) is 0 Å². The molecule has 0 aliphatic carbocycles. The van der Waals surface area contributed by atoms with E-state index in [9.17, 15) is 0 Å². The maximum Gasteiger partial charge on any atom is 0.140 e. The predicted molar refractivity (Wildman–Crippen MR) is 62.5 cm³/mol. The lowest BCUT2D eigenvalue weighted by Gasteiger charge is -2.16. The molecule has 16 heavy (non-hydrogen) atoms. The van der Waals surface area contributed by atoms with Crippen LogP contribution in [-0.4, -0.2) is 34.6 Å². The van der Waals surface area contributed by atoms with Crippen LogP contribution >= 0.6 is 0 Å². The van der Waals surface area contributed by atoms with Gasteiger partial charge in [0.05, 0.1) is 0 Å². The predicted octanol–water partition coefficient (Wildman–Crippen LogP) is 0.960. The number of nitrogens with zero attached hydrogens (tertiary/aromatic N) is 2. The van der Waals surface area contributed by atoms with Gasteiger partial charge in [-0.3, -0.25) is 0 Å². The maximum atomic E-state index is 9.13. The minimum Gasteiger partial charge on any atom is -0.508 e.